The number of unbranched alkanes of at least 4 members (excludes halogenated alkanes) is 3. The van der Waals surface area contributed by atoms with Crippen LogP contribution in [0.15, 0.2) is 73.2 Å². The summed E-state index contributed by atoms with van der Waals surface area (Å²) in [6, 6.07) is 18.7. The summed E-state index contributed by atoms with van der Waals surface area (Å²) in [4.78, 5) is 29.9. The van der Waals surface area contributed by atoms with Crippen LogP contribution in [-0.2, 0) is 15.0 Å². The smallest absolute Gasteiger partial charge is 0.326 e. The number of imidazole rings is 1. The second-order valence-electron chi connectivity index (χ2n) is 8.35. The molecule has 2 aromatic carbocycles. The molecule has 0 spiro atoms. The molecule has 0 saturated carbocycles. The van der Waals surface area contributed by atoms with Gasteiger partial charge in [-0.2, -0.15) is 0 Å². The van der Waals surface area contributed by atoms with E-state index in [0.29, 0.717) is 18.7 Å². The summed E-state index contributed by atoms with van der Waals surface area (Å²) < 4.78 is 1.59. The number of rotatable bonds is 12. The number of nitrogens with one attached hydrogen (secondary N) is 1. The maximum Gasteiger partial charge on any atom is 0.326 e. The first-order chi connectivity index (χ1) is 16.0. The van der Waals surface area contributed by atoms with Crippen LogP contribution in [0.3, 0.4) is 0 Å². The van der Waals surface area contributed by atoms with Crippen LogP contribution in [0.5, 0.6) is 0 Å². The largest absolute Gasteiger partial charge is 0.480 e. The highest BCUT2D eigenvalue weighted by molar-refractivity contribution is 6.01. The van der Waals surface area contributed by atoms with E-state index in [1.165, 1.54) is 6.33 Å². The first kappa shape index (κ1) is 24.2. The number of carboxylic acid groups (broad SMARTS) is 1. The monoisotopic (exact) mass is 447 g/mol. The van der Waals surface area contributed by atoms with Crippen molar-refractivity contribution < 1.29 is 14.7 Å². The third kappa shape index (κ3) is 5.51. The van der Waals surface area contributed by atoms with E-state index >= 15 is 0 Å². The van der Waals surface area contributed by atoms with Gasteiger partial charge in [0.1, 0.15) is 6.04 Å². The first-order valence-electron chi connectivity index (χ1n) is 11.7. The van der Waals surface area contributed by atoms with E-state index in [-0.39, 0.29) is 5.91 Å². The molecule has 1 aromatic heterocycles. The lowest BCUT2D eigenvalue weighted by Gasteiger charge is -2.32. The van der Waals surface area contributed by atoms with E-state index in [9.17, 15) is 14.7 Å². The molecular formula is C27H33N3O3. The molecule has 1 heterocycles. The summed E-state index contributed by atoms with van der Waals surface area (Å²) in [6.07, 6.45) is 8.24. The lowest BCUT2D eigenvalue weighted by molar-refractivity contribution is -0.141. The lowest BCUT2D eigenvalue weighted by atomic mass is 9.71. The molecule has 33 heavy (non-hydrogen) atoms. The number of anilines is 1. The van der Waals surface area contributed by atoms with Crippen molar-refractivity contribution in [3.05, 3.63) is 84.3 Å². The highest BCUT2D eigenvalue weighted by Gasteiger charge is 2.40. The summed E-state index contributed by atoms with van der Waals surface area (Å²) in [5, 5.41) is 12.7. The average molecular weight is 448 g/mol. The van der Waals surface area contributed by atoms with Gasteiger partial charge in [0, 0.05) is 6.20 Å². The van der Waals surface area contributed by atoms with Gasteiger partial charge in [-0.15, -0.1) is 0 Å². The molecule has 0 saturated heterocycles. The molecule has 0 aliphatic rings. The maximum absolute atomic E-state index is 13.7. The third-order valence-corrected chi connectivity index (χ3v) is 6.27. The molecule has 174 valence electrons. The number of carboxylic acids is 1. The van der Waals surface area contributed by atoms with Crippen molar-refractivity contribution in [3.63, 3.8) is 0 Å². The first-order valence-corrected chi connectivity index (χ1v) is 11.7. The van der Waals surface area contributed by atoms with Crippen LogP contribution in [-0.4, -0.2) is 26.5 Å². The predicted molar refractivity (Wildman–Crippen MR) is 130 cm³/mol. The molecule has 3 aromatic rings. The Labute approximate surface area is 195 Å². The Hall–Kier alpha value is -3.41. The van der Waals surface area contributed by atoms with Crippen molar-refractivity contribution in [1.29, 1.82) is 0 Å². The Morgan fingerprint density at radius 3 is 2.09 bits per heavy atom. The fourth-order valence-corrected chi connectivity index (χ4v) is 4.40. The quantitative estimate of drug-likeness (QED) is 0.343. The van der Waals surface area contributed by atoms with Crippen molar-refractivity contribution in [2.45, 2.75) is 63.8 Å². The van der Waals surface area contributed by atoms with Gasteiger partial charge in [0.25, 0.3) is 0 Å². The minimum absolute atomic E-state index is 0.192. The van der Waals surface area contributed by atoms with E-state index < -0.39 is 17.4 Å². The van der Waals surface area contributed by atoms with E-state index in [0.717, 1.165) is 36.8 Å². The van der Waals surface area contributed by atoms with Crippen LogP contribution >= 0.6 is 0 Å². The van der Waals surface area contributed by atoms with Gasteiger partial charge in [-0.1, -0.05) is 100 Å². The van der Waals surface area contributed by atoms with Gasteiger partial charge in [0.2, 0.25) is 5.91 Å². The highest BCUT2D eigenvalue weighted by Crippen LogP contribution is 2.37. The average Bonchev–Trinajstić information content (AvgIpc) is 3.29. The fraction of sp³-hybridized carbons (Fsp3) is 0.370. The van der Waals surface area contributed by atoms with Crippen LogP contribution in [0.2, 0.25) is 0 Å². The minimum atomic E-state index is -0.891. The zero-order valence-corrected chi connectivity index (χ0v) is 19.4. The number of benzene rings is 2. The number of hydrogen-bond acceptors (Lipinski definition) is 3. The molecule has 1 atom stereocenters. The molecule has 0 aliphatic carbocycles. The third-order valence-electron chi connectivity index (χ3n) is 6.27. The molecule has 0 bridgehead atoms. The van der Waals surface area contributed by atoms with Crippen molar-refractivity contribution in [2.24, 2.45) is 0 Å². The van der Waals surface area contributed by atoms with Gasteiger partial charge >= 0.3 is 5.97 Å². The molecule has 1 unspecified atom stereocenters. The normalized spacial score (nSPS) is 12.3. The van der Waals surface area contributed by atoms with Crippen molar-refractivity contribution in [3.8, 4) is 0 Å². The number of amides is 1. The Morgan fingerprint density at radius 2 is 1.58 bits per heavy atom. The molecule has 6 heteroatoms. The zero-order chi connectivity index (χ0) is 23.7. The summed E-state index contributed by atoms with van der Waals surface area (Å²) >= 11 is 0. The van der Waals surface area contributed by atoms with Gasteiger partial charge < -0.3 is 15.0 Å². The lowest BCUT2D eigenvalue weighted by Crippen LogP contribution is -2.41. The molecule has 0 aliphatic heterocycles. The topological polar surface area (TPSA) is 84.2 Å². The molecule has 0 fully saturated rings. The number of aliphatic carboxylic acids is 1. The van der Waals surface area contributed by atoms with Crippen LogP contribution in [0.1, 0.15) is 69.5 Å². The van der Waals surface area contributed by atoms with Gasteiger partial charge in [-0.3, -0.25) is 4.79 Å². The van der Waals surface area contributed by atoms with E-state index in [4.69, 9.17) is 0 Å². The van der Waals surface area contributed by atoms with Crippen LogP contribution in [0, 0.1) is 0 Å². The summed E-state index contributed by atoms with van der Waals surface area (Å²) in [6.45, 7) is 4.12. The summed E-state index contributed by atoms with van der Waals surface area (Å²) in [5.41, 5.74) is 0.906. The van der Waals surface area contributed by atoms with E-state index in [1.54, 1.807) is 10.8 Å². The fourth-order valence-electron chi connectivity index (χ4n) is 4.40. The molecule has 0 radical (unpaired) electrons. The van der Waals surface area contributed by atoms with Gasteiger partial charge in [-0.05, 0) is 24.0 Å². The maximum atomic E-state index is 13.7. The SMILES string of the molecule is CCCCCCC(C(=O)O)n1cnc(NC(=O)C(CC)(c2ccccc2)c2ccccc2)c1. The van der Waals surface area contributed by atoms with Crippen molar-refractivity contribution >= 4 is 17.7 Å². The zero-order valence-electron chi connectivity index (χ0n) is 19.4. The second kappa shape index (κ2) is 11.5. The molecule has 1 amide bonds. The molecule has 3 rings (SSSR count). The van der Waals surface area contributed by atoms with Crippen molar-refractivity contribution in [2.75, 3.05) is 5.32 Å². The summed E-state index contributed by atoms with van der Waals surface area (Å²) in [5.74, 6) is -0.731. The Kier molecular flexibility index (Phi) is 8.41. The number of nitrogens with zero attached hydrogens (tertiary/aromatic N) is 2. The minimum Gasteiger partial charge on any atom is -0.480 e. The van der Waals surface area contributed by atoms with Crippen LogP contribution < -0.4 is 5.32 Å². The Balaban J connectivity index is 1.86. The van der Waals surface area contributed by atoms with E-state index in [2.05, 4.69) is 17.2 Å². The number of carbonyl (C=O) groups is 2. The molecular weight excluding hydrogens is 414 g/mol. The standard InChI is InChI=1S/C27H33N3O3/c1-3-5-6-13-18-23(25(31)32)30-19-24(28-20-30)29-26(33)27(4-2,21-14-9-7-10-15-21)22-16-11-8-12-17-22/h7-12,14-17,19-20,23H,3-6,13,18H2,1-2H3,(H,29,33)(H,31,32). The predicted octanol–water partition coefficient (Wildman–Crippen LogP) is 5.81. The second-order valence-corrected chi connectivity index (χ2v) is 8.35. The Bertz CT molecular complexity index is 992. The summed E-state index contributed by atoms with van der Waals surface area (Å²) in [7, 11) is 0. The van der Waals surface area contributed by atoms with Gasteiger partial charge in [-0.25, -0.2) is 9.78 Å². The molecule has 2 N–H and O–H groups in total. The number of aromatic nitrogens is 2. The molecule has 6 nitrogen and oxygen atoms in total. The van der Waals surface area contributed by atoms with Crippen LogP contribution in [0.4, 0.5) is 5.82 Å². The van der Waals surface area contributed by atoms with Gasteiger partial charge in [0.05, 0.1) is 11.7 Å². The number of carbonyl (C=O) groups excluding carboxylic acids is 1. The number of hydrogen-bond donors (Lipinski definition) is 2. The van der Waals surface area contributed by atoms with Gasteiger partial charge in [0.15, 0.2) is 5.82 Å². The highest BCUT2D eigenvalue weighted by atomic mass is 16.4. The van der Waals surface area contributed by atoms with Crippen molar-refractivity contribution in [1.82, 2.24) is 9.55 Å². The Morgan fingerprint density at radius 1 is 0.970 bits per heavy atom. The van der Waals surface area contributed by atoms with E-state index in [1.807, 2.05) is 67.6 Å². The van der Waals surface area contributed by atoms with Crippen LogP contribution in [0.25, 0.3) is 0 Å².